The van der Waals surface area contributed by atoms with Crippen molar-refractivity contribution in [3.8, 4) is 0 Å². The number of aromatic carboxylic acids is 2. The molecule has 0 saturated carbocycles. The summed E-state index contributed by atoms with van der Waals surface area (Å²) in [5.74, 6) is -2.81. The number of benzene rings is 4. The fourth-order valence-electron chi connectivity index (χ4n) is 2.85. The van der Waals surface area contributed by atoms with Gasteiger partial charge in [0.15, 0.2) is 14.7 Å². The van der Waals surface area contributed by atoms with Crippen LogP contribution in [0.25, 0.3) is 0 Å². The van der Waals surface area contributed by atoms with E-state index < -0.39 is 11.9 Å². The maximum absolute atomic E-state index is 10.3. The van der Waals surface area contributed by atoms with Crippen LogP contribution in [0, 0.1) is 0 Å². The topological polar surface area (TPSA) is 110 Å². The molecule has 162 valence electrons. The van der Waals surface area contributed by atoms with Gasteiger partial charge in [-0.1, -0.05) is 72.8 Å². The van der Waals surface area contributed by atoms with Crippen LogP contribution in [0.4, 0.5) is 0 Å². The normalized spacial score (nSPS) is 9.48. The summed E-state index contributed by atoms with van der Waals surface area (Å²) in [7, 11) is -0.0146. The van der Waals surface area contributed by atoms with Crippen LogP contribution >= 0.6 is 0 Å². The molecule has 0 aliphatic carbocycles. The van der Waals surface area contributed by atoms with Gasteiger partial charge in [0.25, 0.3) is 0 Å². The molecular weight excluding hydrogens is 464 g/mol. The van der Waals surface area contributed by atoms with E-state index in [1.807, 2.05) is 0 Å². The van der Waals surface area contributed by atoms with Gasteiger partial charge in [-0.3, -0.25) is 0 Å². The van der Waals surface area contributed by atoms with E-state index in [0.29, 0.717) is 0 Å². The maximum atomic E-state index is 10.3. The number of carboxylic acids is 2. The van der Waals surface area contributed by atoms with Crippen molar-refractivity contribution in [2.75, 3.05) is 0 Å². The molecule has 0 heterocycles. The number of carbonyl (C=O) groups excluding carboxylic acids is 2. The van der Waals surface area contributed by atoms with E-state index in [2.05, 4.69) is 91.0 Å². The SMILES string of the molecule is O=C([O-])c1cccc(C(=O)[O-])c1.[Ca+2].[OH-].c1ccc([S+](c2ccccc2)c2ccccc2)cc1. The first-order chi connectivity index (χ1) is 15.1. The number of hydrogen-bond donors (Lipinski definition) is 0. The largest absolute Gasteiger partial charge is 2.00 e. The standard InChI is InChI=1S/C18H15S.C8H6O4.Ca.H2O/c1-4-10-16(11-5-1)19(17-12-6-2-7-13-17)18-14-8-3-9-15-18;9-7(10)5-2-1-3-6(4-5)8(11)12;;/h1-15H;1-4H,(H,9,10)(H,11,12);;1H2/q+1;;+2;/p-3. The third kappa shape index (κ3) is 8.35. The molecule has 0 spiro atoms. The summed E-state index contributed by atoms with van der Waals surface area (Å²) >= 11 is 0. The molecule has 0 fully saturated rings. The van der Waals surface area contributed by atoms with E-state index in [-0.39, 0.29) is 65.2 Å². The number of rotatable bonds is 5. The molecule has 0 radical (unpaired) electrons. The molecule has 7 heteroatoms. The van der Waals surface area contributed by atoms with E-state index in [1.54, 1.807) is 0 Å². The second-order valence-corrected chi connectivity index (χ2v) is 8.43. The van der Waals surface area contributed by atoms with Crippen molar-refractivity contribution in [3.63, 3.8) is 0 Å². The van der Waals surface area contributed by atoms with Crippen molar-refractivity contribution in [1.29, 1.82) is 0 Å². The Balaban J connectivity index is 0.000000342. The van der Waals surface area contributed by atoms with Gasteiger partial charge in [-0.15, -0.1) is 0 Å². The van der Waals surface area contributed by atoms with Crippen molar-refractivity contribution < 1.29 is 25.3 Å². The predicted molar refractivity (Wildman–Crippen MR) is 124 cm³/mol. The first-order valence-electron chi connectivity index (χ1n) is 9.48. The van der Waals surface area contributed by atoms with Crippen LogP contribution in [0.15, 0.2) is 130 Å². The van der Waals surface area contributed by atoms with Gasteiger partial charge in [0.2, 0.25) is 0 Å². The summed E-state index contributed by atoms with van der Waals surface area (Å²) in [6.45, 7) is 0. The van der Waals surface area contributed by atoms with E-state index in [1.165, 1.54) is 32.9 Å². The first-order valence-corrected chi connectivity index (χ1v) is 10.7. The second kappa shape index (κ2) is 14.5. The fraction of sp³-hybridized carbons (Fsp3) is 0. The zero-order valence-electron chi connectivity index (χ0n) is 17.7. The summed E-state index contributed by atoms with van der Waals surface area (Å²) in [6.07, 6.45) is 0. The Bertz CT molecular complexity index is 1020. The Labute approximate surface area is 225 Å². The third-order valence-corrected chi connectivity index (χ3v) is 6.50. The molecule has 4 aromatic carbocycles. The van der Waals surface area contributed by atoms with E-state index >= 15 is 0 Å². The Hall–Kier alpha value is -2.61. The van der Waals surface area contributed by atoms with Crippen molar-refractivity contribution >= 4 is 60.6 Å². The maximum Gasteiger partial charge on any atom is 2.00 e. The number of carboxylic acid groups (broad SMARTS) is 2. The van der Waals surface area contributed by atoms with Gasteiger partial charge in [-0.25, -0.2) is 0 Å². The second-order valence-electron chi connectivity index (χ2n) is 6.40. The Morgan fingerprint density at radius 1 is 0.515 bits per heavy atom. The zero-order valence-corrected chi connectivity index (χ0v) is 20.7. The minimum atomic E-state index is -1.40. The average Bonchev–Trinajstić information content (AvgIpc) is 2.82. The Morgan fingerprint density at radius 3 is 1.09 bits per heavy atom. The van der Waals surface area contributed by atoms with Crippen LogP contribution in [0.3, 0.4) is 0 Å². The molecule has 4 rings (SSSR count). The molecule has 0 aliphatic heterocycles. The van der Waals surface area contributed by atoms with Crippen molar-refractivity contribution in [1.82, 2.24) is 0 Å². The van der Waals surface area contributed by atoms with Gasteiger partial charge in [-0.05, 0) is 53.6 Å². The first kappa shape index (κ1) is 28.4. The van der Waals surface area contributed by atoms with Crippen LogP contribution in [0.2, 0.25) is 0 Å². The molecule has 4 aromatic rings. The van der Waals surface area contributed by atoms with Gasteiger partial charge in [0, 0.05) is 0 Å². The molecule has 0 amide bonds. The molecule has 0 aliphatic rings. The molecule has 1 N–H and O–H groups in total. The molecule has 5 nitrogen and oxygen atoms in total. The van der Waals surface area contributed by atoms with Crippen LogP contribution in [0.1, 0.15) is 20.7 Å². The average molecular weight is 485 g/mol. The van der Waals surface area contributed by atoms with Crippen LogP contribution < -0.4 is 10.2 Å². The van der Waals surface area contributed by atoms with Gasteiger partial charge in [-0.2, -0.15) is 0 Å². The molecule has 0 atom stereocenters. The molecule has 33 heavy (non-hydrogen) atoms. The Morgan fingerprint density at radius 2 is 0.818 bits per heavy atom. The van der Waals surface area contributed by atoms with Crippen molar-refractivity contribution in [2.45, 2.75) is 14.7 Å². The van der Waals surface area contributed by atoms with Gasteiger partial charge in [0.1, 0.15) is 0 Å². The summed E-state index contributed by atoms with van der Waals surface area (Å²) in [4.78, 5) is 24.6. The fourth-order valence-corrected chi connectivity index (χ4v) is 4.96. The summed E-state index contributed by atoms with van der Waals surface area (Å²) < 4.78 is 0. The summed E-state index contributed by atoms with van der Waals surface area (Å²) in [6, 6.07) is 37.0. The van der Waals surface area contributed by atoms with E-state index in [0.717, 1.165) is 6.07 Å². The minimum Gasteiger partial charge on any atom is -0.870 e. The van der Waals surface area contributed by atoms with Gasteiger partial charge >= 0.3 is 37.7 Å². The summed E-state index contributed by atoms with van der Waals surface area (Å²) in [5, 5.41) is 20.5. The third-order valence-electron chi connectivity index (χ3n) is 4.27. The van der Waals surface area contributed by atoms with Crippen LogP contribution in [0.5, 0.6) is 0 Å². The monoisotopic (exact) mass is 484 g/mol. The molecular formula is C26H20CaO5S. The zero-order chi connectivity index (χ0) is 22.1. The molecule has 0 aromatic heterocycles. The Kier molecular flexibility index (Phi) is 12.5. The molecule has 0 unspecified atom stereocenters. The predicted octanol–water partition coefficient (Wildman–Crippen LogP) is 2.64. The quantitative estimate of drug-likeness (QED) is 0.319. The molecule has 0 bridgehead atoms. The van der Waals surface area contributed by atoms with E-state index in [9.17, 15) is 19.8 Å². The van der Waals surface area contributed by atoms with E-state index in [4.69, 9.17) is 0 Å². The molecule has 0 saturated heterocycles. The smallest absolute Gasteiger partial charge is 0.870 e. The van der Waals surface area contributed by atoms with Crippen LogP contribution in [-0.2, 0) is 10.9 Å². The summed E-state index contributed by atoms with van der Waals surface area (Å²) in [5.41, 5.74) is -0.339. The van der Waals surface area contributed by atoms with Gasteiger partial charge in [0.05, 0.1) is 22.8 Å². The van der Waals surface area contributed by atoms with Gasteiger partial charge < -0.3 is 25.3 Å². The van der Waals surface area contributed by atoms with Crippen molar-refractivity contribution in [2.24, 2.45) is 0 Å². The number of carbonyl (C=O) groups is 2. The van der Waals surface area contributed by atoms with Crippen molar-refractivity contribution in [3.05, 3.63) is 126 Å². The minimum absolute atomic E-state index is 0. The van der Waals surface area contributed by atoms with Crippen LogP contribution in [-0.4, -0.2) is 55.2 Å². The number of hydrogen-bond acceptors (Lipinski definition) is 5.